The molecule has 5 atom stereocenters. The Morgan fingerprint density at radius 2 is 0.829 bits per heavy atom. The minimum absolute atomic E-state index is 0.106. The largest absolute Gasteiger partial charge is 0.395 e. The smallest absolute Gasteiger partial charge is 0.113 e. The van der Waals surface area contributed by atoms with Gasteiger partial charge >= 0.3 is 0 Å². The van der Waals surface area contributed by atoms with Gasteiger partial charge in [0.2, 0.25) is 0 Å². The highest BCUT2D eigenvalue weighted by molar-refractivity contribution is 5.17. The Balaban J connectivity index is 1.38. The topological polar surface area (TPSA) is 69.2 Å². The van der Waals surface area contributed by atoms with Crippen LogP contribution in [0.3, 0.4) is 0 Å². The monoisotopic (exact) mass is 553 g/mol. The maximum atomic E-state index is 10.5. The molecule has 1 fully saturated rings. The summed E-state index contributed by atoms with van der Waals surface area (Å²) in [5, 5.41) is 14.1. The van der Waals surface area contributed by atoms with Gasteiger partial charge in [-0.3, -0.25) is 0 Å². The zero-order chi connectivity index (χ0) is 28.1. The van der Waals surface area contributed by atoms with Gasteiger partial charge in [-0.25, -0.2) is 0 Å². The molecule has 1 saturated heterocycles. The second kappa shape index (κ2) is 15.6. The van der Waals surface area contributed by atoms with Crippen molar-refractivity contribution < 1.29 is 24.1 Å². The van der Waals surface area contributed by atoms with E-state index in [0.29, 0.717) is 33.0 Å². The molecule has 0 unspecified atom stereocenters. The van der Waals surface area contributed by atoms with E-state index in [1.807, 2.05) is 109 Å². The Kier molecular flexibility index (Phi) is 11.1. The molecule has 4 aromatic rings. The maximum Gasteiger partial charge on any atom is 0.113 e. The molecule has 41 heavy (non-hydrogen) atoms. The fourth-order valence-electron chi connectivity index (χ4n) is 5.20. The summed E-state index contributed by atoms with van der Waals surface area (Å²) in [5.74, 6) is 0. The molecular formula is C35H39NO5. The molecule has 6 nitrogen and oxygen atoms in total. The number of piperidine rings is 1. The van der Waals surface area contributed by atoms with Crippen LogP contribution in [-0.4, -0.2) is 48.7 Å². The number of aliphatic hydroxyl groups excluding tert-OH is 1. The summed E-state index contributed by atoms with van der Waals surface area (Å²) < 4.78 is 26.0. The van der Waals surface area contributed by atoms with E-state index in [9.17, 15) is 5.11 Å². The third-order valence-electron chi connectivity index (χ3n) is 7.33. The third kappa shape index (κ3) is 8.57. The van der Waals surface area contributed by atoms with Crippen LogP contribution in [0.4, 0.5) is 0 Å². The van der Waals surface area contributed by atoms with E-state index < -0.39 is 18.3 Å². The van der Waals surface area contributed by atoms with Crippen molar-refractivity contribution >= 4 is 0 Å². The summed E-state index contributed by atoms with van der Waals surface area (Å²) in [7, 11) is 0. The first-order chi connectivity index (χ1) is 20.3. The summed E-state index contributed by atoms with van der Waals surface area (Å²) in [6, 6.07) is 39.8. The van der Waals surface area contributed by atoms with Gasteiger partial charge < -0.3 is 29.4 Å². The number of benzene rings is 4. The molecule has 0 radical (unpaired) electrons. The van der Waals surface area contributed by atoms with E-state index >= 15 is 0 Å². The Hall–Kier alpha value is -3.36. The summed E-state index contributed by atoms with van der Waals surface area (Å²) in [6.45, 7) is 1.99. The molecule has 1 heterocycles. The van der Waals surface area contributed by atoms with Crippen LogP contribution in [0.5, 0.6) is 0 Å². The minimum Gasteiger partial charge on any atom is -0.395 e. The van der Waals surface area contributed by atoms with Gasteiger partial charge in [-0.1, -0.05) is 121 Å². The first-order valence-electron chi connectivity index (χ1n) is 14.3. The summed E-state index contributed by atoms with van der Waals surface area (Å²) in [4.78, 5) is 0. The van der Waals surface area contributed by atoms with Crippen LogP contribution in [0, 0.1) is 0 Å². The molecule has 214 valence electrons. The minimum atomic E-state index is -0.452. The summed E-state index contributed by atoms with van der Waals surface area (Å²) in [6.07, 6.45) is -1.29. The van der Waals surface area contributed by atoms with Crippen molar-refractivity contribution in [2.24, 2.45) is 0 Å². The van der Waals surface area contributed by atoms with Gasteiger partial charge in [0, 0.05) is 0 Å². The number of ether oxygens (including phenoxy) is 4. The zero-order valence-electron chi connectivity index (χ0n) is 23.3. The normalized spacial score (nSPS) is 22.4. The lowest BCUT2D eigenvalue weighted by Crippen LogP contribution is -2.68. The van der Waals surface area contributed by atoms with Gasteiger partial charge in [-0.15, -0.1) is 0 Å². The van der Waals surface area contributed by atoms with E-state index in [2.05, 4.69) is 17.4 Å². The molecule has 0 amide bonds. The third-order valence-corrected chi connectivity index (χ3v) is 7.33. The Morgan fingerprint density at radius 3 is 1.24 bits per heavy atom. The molecule has 0 spiro atoms. The second-order valence-electron chi connectivity index (χ2n) is 10.3. The van der Waals surface area contributed by atoms with Gasteiger partial charge in [-0.2, -0.15) is 0 Å². The predicted molar refractivity (Wildman–Crippen MR) is 159 cm³/mol. The highest BCUT2D eigenvalue weighted by Gasteiger charge is 2.47. The fraction of sp³-hybridized carbons (Fsp3) is 0.314. The highest BCUT2D eigenvalue weighted by atomic mass is 16.6. The highest BCUT2D eigenvalue weighted by Crippen LogP contribution is 2.27. The Morgan fingerprint density at radius 1 is 0.463 bits per heavy atom. The molecule has 0 aromatic heterocycles. The summed E-state index contributed by atoms with van der Waals surface area (Å²) >= 11 is 0. The van der Waals surface area contributed by atoms with Crippen LogP contribution < -0.4 is 5.32 Å². The summed E-state index contributed by atoms with van der Waals surface area (Å²) in [5.41, 5.74) is 4.29. The van der Waals surface area contributed by atoms with Crippen LogP contribution in [0.15, 0.2) is 121 Å². The number of nitrogens with one attached hydrogen (secondary N) is 1. The van der Waals surface area contributed by atoms with E-state index in [4.69, 9.17) is 18.9 Å². The lowest BCUT2D eigenvalue weighted by molar-refractivity contribution is -0.197. The molecule has 1 aliphatic rings. The zero-order valence-corrected chi connectivity index (χ0v) is 23.3. The second-order valence-corrected chi connectivity index (χ2v) is 10.3. The van der Waals surface area contributed by atoms with Crippen LogP contribution in [0.25, 0.3) is 0 Å². The lowest BCUT2D eigenvalue weighted by atomic mass is 9.89. The molecule has 6 heteroatoms. The van der Waals surface area contributed by atoms with E-state index in [0.717, 1.165) is 22.3 Å². The average Bonchev–Trinajstić information content (AvgIpc) is 3.04. The molecule has 0 bridgehead atoms. The standard InChI is InChI=1S/C35H39NO5/c37-21-31-33(39-23-28-15-7-2-8-16-28)35(41-25-30-19-11-4-12-20-30)34(40-24-29-17-9-3-10-18-29)32(36-31)26-38-22-27-13-5-1-6-14-27/h1-20,31-37H,21-26H2/t31-,32-,33+,34-,35-/m1/s1. The van der Waals surface area contributed by atoms with Gasteiger partial charge in [0.25, 0.3) is 0 Å². The van der Waals surface area contributed by atoms with Gasteiger partial charge in [-0.05, 0) is 22.3 Å². The average molecular weight is 554 g/mol. The maximum absolute atomic E-state index is 10.5. The molecule has 1 aliphatic heterocycles. The first-order valence-corrected chi connectivity index (χ1v) is 14.3. The Bertz CT molecular complexity index is 1260. The molecule has 4 aromatic carbocycles. The van der Waals surface area contributed by atoms with Crippen LogP contribution in [0.2, 0.25) is 0 Å². The predicted octanol–water partition coefficient (Wildman–Crippen LogP) is 5.29. The van der Waals surface area contributed by atoms with Crippen molar-refractivity contribution in [2.75, 3.05) is 13.2 Å². The van der Waals surface area contributed by atoms with E-state index in [-0.39, 0.29) is 18.7 Å². The van der Waals surface area contributed by atoms with Crippen molar-refractivity contribution in [1.82, 2.24) is 5.32 Å². The fourth-order valence-corrected chi connectivity index (χ4v) is 5.20. The Labute approximate surface area is 242 Å². The van der Waals surface area contributed by atoms with Crippen molar-refractivity contribution in [3.05, 3.63) is 144 Å². The van der Waals surface area contributed by atoms with Crippen molar-refractivity contribution in [3.63, 3.8) is 0 Å². The molecule has 5 rings (SSSR count). The quantitative estimate of drug-likeness (QED) is 0.221. The SMILES string of the molecule is OC[C@H]1N[C@H](COCc2ccccc2)[C@@H](OCc2ccccc2)[C@H](OCc2ccccc2)[C@H]1OCc1ccccc1. The van der Waals surface area contributed by atoms with Crippen molar-refractivity contribution in [2.45, 2.75) is 56.8 Å². The van der Waals surface area contributed by atoms with Crippen LogP contribution >= 0.6 is 0 Å². The van der Waals surface area contributed by atoms with Crippen LogP contribution in [-0.2, 0) is 45.4 Å². The van der Waals surface area contributed by atoms with Crippen LogP contribution in [0.1, 0.15) is 22.3 Å². The molecular weight excluding hydrogens is 514 g/mol. The van der Waals surface area contributed by atoms with E-state index in [1.54, 1.807) is 0 Å². The number of hydrogen-bond donors (Lipinski definition) is 2. The number of hydrogen-bond acceptors (Lipinski definition) is 6. The van der Waals surface area contributed by atoms with E-state index in [1.165, 1.54) is 0 Å². The number of aliphatic hydroxyl groups is 1. The number of rotatable bonds is 14. The molecule has 0 saturated carbocycles. The molecule has 2 N–H and O–H groups in total. The van der Waals surface area contributed by atoms with Gasteiger partial charge in [0.1, 0.15) is 18.3 Å². The molecule has 0 aliphatic carbocycles. The van der Waals surface area contributed by atoms with Gasteiger partial charge in [0.05, 0.1) is 51.7 Å². The van der Waals surface area contributed by atoms with Crippen molar-refractivity contribution in [1.29, 1.82) is 0 Å². The lowest BCUT2D eigenvalue weighted by Gasteiger charge is -2.46. The van der Waals surface area contributed by atoms with Crippen molar-refractivity contribution in [3.8, 4) is 0 Å². The van der Waals surface area contributed by atoms with Gasteiger partial charge in [0.15, 0.2) is 0 Å². The first kappa shape index (κ1) is 29.1.